The largest absolute Gasteiger partial charge is 0.311 e. The third kappa shape index (κ3) is 3.31. The van der Waals surface area contributed by atoms with Gasteiger partial charge in [-0.15, -0.1) is 0 Å². The van der Waals surface area contributed by atoms with Gasteiger partial charge in [-0.25, -0.2) is 0 Å². The minimum atomic E-state index is 0.893. The molecule has 3 nitrogen and oxygen atoms in total. The standard InChI is InChI=1S/C11H20BrN3/c1-4-6-7-13-8-10-11(12)9(5-2)14-15(10)3/h13H,4-8H2,1-3H3. The van der Waals surface area contributed by atoms with Crippen LogP contribution in [0.1, 0.15) is 38.1 Å². The van der Waals surface area contributed by atoms with Crippen LogP contribution in [0.4, 0.5) is 0 Å². The number of hydrogen-bond donors (Lipinski definition) is 1. The molecule has 0 bridgehead atoms. The maximum atomic E-state index is 4.46. The quantitative estimate of drug-likeness (QED) is 0.808. The van der Waals surface area contributed by atoms with Gasteiger partial charge in [-0.1, -0.05) is 20.3 Å². The van der Waals surface area contributed by atoms with Gasteiger partial charge in [0.05, 0.1) is 15.9 Å². The number of hydrogen-bond acceptors (Lipinski definition) is 2. The fourth-order valence-corrected chi connectivity index (χ4v) is 2.28. The van der Waals surface area contributed by atoms with Crippen molar-refractivity contribution in [2.24, 2.45) is 7.05 Å². The minimum absolute atomic E-state index is 0.893. The molecule has 4 heteroatoms. The zero-order valence-electron chi connectivity index (χ0n) is 9.81. The summed E-state index contributed by atoms with van der Waals surface area (Å²) >= 11 is 3.61. The molecule has 0 saturated carbocycles. The fourth-order valence-electron chi connectivity index (χ4n) is 1.52. The van der Waals surface area contributed by atoms with Gasteiger partial charge in [-0.2, -0.15) is 5.10 Å². The molecule has 0 fully saturated rings. The van der Waals surface area contributed by atoms with Crippen molar-refractivity contribution in [3.8, 4) is 0 Å². The second-order valence-corrected chi connectivity index (χ2v) is 4.51. The average Bonchev–Trinajstić information content (AvgIpc) is 2.50. The molecule has 1 heterocycles. The van der Waals surface area contributed by atoms with Crippen molar-refractivity contribution >= 4 is 15.9 Å². The van der Waals surface area contributed by atoms with Crippen LogP contribution in [-0.4, -0.2) is 16.3 Å². The lowest BCUT2D eigenvalue weighted by atomic mass is 10.3. The molecule has 1 aromatic heterocycles. The predicted molar refractivity (Wildman–Crippen MR) is 66.9 cm³/mol. The Bertz CT molecular complexity index is 307. The summed E-state index contributed by atoms with van der Waals surface area (Å²) in [6.07, 6.45) is 3.44. The molecule has 0 spiro atoms. The number of rotatable bonds is 6. The Morgan fingerprint density at radius 1 is 1.40 bits per heavy atom. The number of halogens is 1. The second-order valence-electron chi connectivity index (χ2n) is 3.71. The smallest absolute Gasteiger partial charge is 0.0767 e. The highest BCUT2D eigenvalue weighted by atomic mass is 79.9. The topological polar surface area (TPSA) is 29.9 Å². The van der Waals surface area contributed by atoms with Crippen LogP contribution in [0.5, 0.6) is 0 Å². The van der Waals surface area contributed by atoms with E-state index in [0.29, 0.717) is 0 Å². The normalized spacial score (nSPS) is 10.9. The number of aromatic nitrogens is 2. The molecule has 86 valence electrons. The first kappa shape index (κ1) is 12.7. The van der Waals surface area contributed by atoms with E-state index in [2.05, 4.69) is 40.2 Å². The van der Waals surface area contributed by atoms with Crippen molar-refractivity contribution in [3.63, 3.8) is 0 Å². The molecular formula is C11H20BrN3. The summed E-state index contributed by atoms with van der Waals surface area (Å²) < 4.78 is 3.12. The van der Waals surface area contributed by atoms with Crippen molar-refractivity contribution in [1.82, 2.24) is 15.1 Å². The van der Waals surface area contributed by atoms with Crippen LogP contribution >= 0.6 is 15.9 Å². The fraction of sp³-hybridized carbons (Fsp3) is 0.727. The van der Waals surface area contributed by atoms with Crippen LogP contribution in [0.25, 0.3) is 0 Å². The maximum absolute atomic E-state index is 4.46. The van der Waals surface area contributed by atoms with E-state index in [-0.39, 0.29) is 0 Å². The first-order valence-corrected chi connectivity index (χ1v) is 6.40. The van der Waals surface area contributed by atoms with Crippen molar-refractivity contribution in [3.05, 3.63) is 15.9 Å². The lowest BCUT2D eigenvalue weighted by Gasteiger charge is -2.04. The first-order chi connectivity index (χ1) is 7.20. The minimum Gasteiger partial charge on any atom is -0.311 e. The van der Waals surface area contributed by atoms with Crippen LogP contribution in [-0.2, 0) is 20.0 Å². The van der Waals surface area contributed by atoms with E-state index < -0.39 is 0 Å². The molecular weight excluding hydrogens is 254 g/mol. The highest BCUT2D eigenvalue weighted by molar-refractivity contribution is 9.10. The van der Waals surface area contributed by atoms with Gasteiger partial charge in [0.15, 0.2) is 0 Å². The summed E-state index contributed by atoms with van der Waals surface area (Å²) in [7, 11) is 2.00. The molecule has 0 saturated heterocycles. The van der Waals surface area contributed by atoms with Gasteiger partial charge in [-0.3, -0.25) is 4.68 Å². The molecule has 1 rings (SSSR count). The maximum Gasteiger partial charge on any atom is 0.0767 e. The van der Waals surface area contributed by atoms with E-state index in [4.69, 9.17) is 0 Å². The summed E-state index contributed by atoms with van der Waals surface area (Å²) in [5.41, 5.74) is 2.38. The molecule has 0 aromatic carbocycles. The third-order valence-corrected chi connectivity index (χ3v) is 3.42. The van der Waals surface area contributed by atoms with Crippen molar-refractivity contribution in [1.29, 1.82) is 0 Å². The van der Waals surface area contributed by atoms with E-state index in [1.165, 1.54) is 18.5 Å². The van der Waals surface area contributed by atoms with Crippen LogP contribution in [0, 0.1) is 0 Å². The summed E-state index contributed by atoms with van der Waals surface area (Å²) in [6.45, 7) is 6.30. The van der Waals surface area contributed by atoms with Gasteiger partial charge in [0, 0.05) is 13.6 Å². The monoisotopic (exact) mass is 273 g/mol. The Morgan fingerprint density at radius 2 is 2.13 bits per heavy atom. The van der Waals surface area contributed by atoms with Crippen molar-refractivity contribution < 1.29 is 0 Å². The molecule has 0 amide bonds. The van der Waals surface area contributed by atoms with Crippen LogP contribution in [0.2, 0.25) is 0 Å². The lowest BCUT2D eigenvalue weighted by molar-refractivity contribution is 0.600. The number of unbranched alkanes of at least 4 members (excludes halogenated alkanes) is 1. The molecule has 0 aliphatic rings. The Balaban J connectivity index is 2.56. The molecule has 1 aromatic rings. The second kappa shape index (κ2) is 6.28. The molecule has 1 N–H and O–H groups in total. The van der Waals surface area contributed by atoms with Gasteiger partial charge in [0.25, 0.3) is 0 Å². The van der Waals surface area contributed by atoms with Crippen LogP contribution in [0.3, 0.4) is 0 Å². The Labute approximate surface area is 100 Å². The van der Waals surface area contributed by atoms with Gasteiger partial charge in [0.2, 0.25) is 0 Å². The zero-order chi connectivity index (χ0) is 11.3. The summed E-state index contributed by atoms with van der Waals surface area (Å²) in [5, 5.41) is 7.89. The lowest BCUT2D eigenvalue weighted by Crippen LogP contribution is -2.17. The molecule has 0 radical (unpaired) electrons. The van der Waals surface area contributed by atoms with Crippen molar-refractivity contribution in [2.45, 2.75) is 39.7 Å². The van der Waals surface area contributed by atoms with E-state index in [1.807, 2.05) is 11.7 Å². The Kier molecular flexibility index (Phi) is 5.32. The molecule has 0 aliphatic carbocycles. The van der Waals surface area contributed by atoms with E-state index in [9.17, 15) is 0 Å². The predicted octanol–water partition coefficient (Wildman–Crippen LogP) is 2.63. The van der Waals surface area contributed by atoms with Gasteiger partial charge in [0.1, 0.15) is 0 Å². The molecule has 0 atom stereocenters. The molecule has 0 unspecified atom stereocenters. The highest BCUT2D eigenvalue weighted by Crippen LogP contribution is 2.21. The van der Waals surface area contributed by atoms with Gasteiger partial charge < -0.3 is 5.32 Å². The first-order valence-electron chi connectivity index (χ1n) is 5.61. The van der Waals surface area contributed by atoms with E-state index in [1.54, 1.807) is 0 Å². The summed E-state index contributed by atoms with van der Waals surface area (Å²) in [4.78, 5) is 0. The summed E-state index contributed by atoms with van der Waals surface area (Å²) in [5.74, 6) is 0. The van der Waals surface area contributed by atoms with Crippen LogP contribution in [0.15, 0.2) is 4.47 Å². The van der Waals surface area contributed by atoms with Gasteiger partial charge >= 0.3 is 0 Å². The number of aryl methyl sites for hydroxylation is 2. The molecule has 15 heavy (non-hydrogen) atoms. The van der Waals surface area contributed by atoms with Gasteiger partial charge in [-0.05, 0) is 35.3 Å². The SMILES string of the molecule is CCCCNCc1c(Br)c(CC)nn1C. The Hall–Kier alpha value is -0.350. The Morgan fingerprint density at radius 3 is 2.67 bits per heavy atom. The average molecular weight is 274 g/mol. The summed E-state index contributed by atoms with van der Waals surface area (Å²) in [6, 6.07) is 0. The zero-order valence-corrected chi connectivity index (χ0v) is 11.4. The van der Waals surface area contributed by atoms with E-state index >= 15 is 0 Å². The van der Waals surface area contributed by atoms with Crippen molar-refractivity contribution in [2.75, 3.05) is 6.54 Å². The van der Waals surface area contributed by atoms with E-state index in [0.717, 1.165) is 29.7 Å². The third-order valence-electron chi connectivity index (χ3n) is 2.50. The highest BCUT2D eigenvalue weighted by Gasteiger charge is 2.11. The number of nitrogens with zero attached hydrogens (tertiary/aromatic N) is 2. The number of nitrogens with one attached hydrogen (secondary N) is 1. The molecule has 0 aliphatic heterocycles. The van der Waals surface area contributed by atoms with Crippen LogP contribution < -0.4 is 5.32 Å².